The smallest absolute Gasteiger partial charge is 0.417 e. The molecule has 0 saturated carbocycles. The van der Waals surface area contributed by atoms with E-state index in [0.717, 1.165) is 6.07 Å². The zero-order valence-corrected chi connectivity index (χ0v) is 14.2. The molecule has 0 atom stereocenters. The highest BCUT2D eigenvalue weighted by molar-refractivity contribution is 7.22. The summed E-state index contributed by atoms with van der Waals surface area (Å²) in [5.74, 6) is -0.963. The zero-order chi connectivity index (χ0) is 18.4. The van der Waals surface area contributed by atoms with Crippen LogP contribution in [0.5, 0.6) is 5.75 Å². The lowest BCUT2D eigenvalue weighted by Crippen LogP contribution is -2.12. The minimum absolute atomic E-state index is 0.00581. The van der Waals surface area contributed by atoms with Crippen LogP contribution in [0.3, 0.4) is 0 Å². The Balaban J connectivity index is 1.98. The summed E-state index contributed by atoms with van der Waals surface area (Å²) in [5.41, 5.74) is -0.368. The van der Waals surface area contributed by atoms with Crippen molar-refractivity contribution in [1.82, 2.24) is 4.98 Å². The Morgan fingerprint density at radius 1 is 1.32 bits per heavy atom. The number of alkyl halides is 3. The summed E-state index contributed by atoms with van der Waals surface area (Å²) in [6.45, 7) is 1.57. The topological polar surface area (TPSA) is 62.2 Å². The number of aryl methyl sites for hydroxylation is 1. The van der Waals surface area contributed by atoms with Gasteiger partial charge in [-0.25, -0.2) is 4.98 Å². The van der Waals surface area contributed by atoms with Gasteiger partial charge in [-0.3, -0.25) is 10.1 Å². The van der Waals surface area contributed by atoms with Gasteiger partial charge in [-0.05, 0) is 36.8 Å². The molecule has 0 aliphatic rings. The van der Waals surface area contributed by atoms with Gasteiger partial charge in [-0.2, -0.15) is 13.2 Å². The number of phenolic OH excluding ortho intramolecular Hbond substituents is 1. The lowest BCUT2D eigenvalue weighted by Gasteiger charge is -2.07. The van der Waals surface area contributed by atoms with E-state index in [-0.39, 0.29) is 31.7 Å². The van der Waals surface area contributed by atoms with Crippen LogP contribution in [0.25, 0.3) is 10.2 Å². The molecule has 2 N–H and O–H groups in total. The van der Waals surface area contributed by atoms with E-state index >= 15 is 0 Å². The SMILES string of the molecule is Cc1cc(Cl)cc(C(=O)Nc2nc3cccc(C(F)(F)F)c3s2)c1O. The van der Waals surface area contributed by atoms with Crippen LogP contribution in [0.4, 0.5) is 18.3 Å². The molecule has 0 saturated heterocycles. The van der Waals surface area contributed by atoms with Crippen molar-refractivity contribution in [3.63, 3.8) is 0 Å². The minimum Gasteiger partial charge on any atom is -0.507 e. The van der Waals surface area contributed by atoms with Crippen molar-refractivity contribution in [2.24, 2.45) is 0 Å². The van der Waals surface area contributed by atoms with Crippen molar-refractivity contribution >= 4 is 44.2 Å². The van der Waals surface area contributed by atoms with E-state index < -0.39 is 17.6 Å². The summed E-state index contributed by atoms with van der Waals surface area (Å²) >= 11 is 6.59. The van der Waals surface area contributed by atoms with Gasteiger partial charge in [0, 0.05) is 5.02 Å². The molecule has 0 fully saturated rings. The molecular weight excluding hydrogens is 377 g/mol. The molecule has 2 aromatic carbocycles. The molecule has 0 radical (unpaired) electrons. The number of anilines is 1. The van der Waals surface area contributed by atoms with Gasteiger partial charge in [-0.1, -0.05) is 29.0 Å². The number of aromatic hydroxyl groups is 1. The number of nitrogens with zero attached hydrogens (tertiary/aromatic N) is 1. The number of rotatable bonds is 2. The molecule has 0 unspecified atom stereocenters. The molecule has 1 aromatic heterocycles. The third-order valence-corrected chi connectivity index (χ3v) is 4.69. The van der Waals surface area contributed by atoms with E-state index in [0.29, 0.717) is 16.9 Å². The Bertz CT molecular complexity index is 985. The number of hydrogen-bond donors (Lipinski definition) is 2. The van der Waals surface area contributed by atoms with Gasteiger partial charge in [0.1, 0.15) is 5.75 Å². The predicted molar refractivity (Wildman–Crippen MR) is 90.4 cm³/mol. The molecule has 0 aliphatic heterocycles. The summed E-state index contributed by atoms with van der Waals surface area (Å²) < 4.78 is 39.0. The summed E-state index contributed by atoms with van der Waals surface area (Å²) in [6.07, 6.45) is -4.52. The number of nitrogens with one attached hydrogen (secondary N) is 1. The Morgan fingerprint density at radius 3 is 2.72 bits per heavy atom. The molecule has 1 amide bonds. The molecule has 130 valence electrons. The third kappa shape index (κ3) is 3.40. The van der Waals surface area contributed by atoms with Gasteiger partial charge in [0.15, 0.2) is 5.13 Å². The molecule has 9 heteroatoms. The zero-order valence-electron chi connectivity index (χ0n) is 12.6. The molecule has 3 rings (SSSR count). The number of carbonyl (C=O) groups excluding carboxylic acids is 1. The lowest BCUT2D eigenvalue weighted by molar-refractivity contribution is -0.136. The second kappa shape index (κ2) is 6.20. The first-order chi connectivity index (χ1) is 11.7. The first-order valence-electron chi connectivity index (χ1n) is 6.94. The van der Waals surface area contributed by atoms with Gasteiger partial charge in [-0.15, -0.1) is 0 Å². The highest BCUT2D eigenvalue weighted by Gasteiger charge is 2.33. The number of hydrogen-bond acceptors (Lipinski definition) is 4. The molecule has 25 heavy (non-hydrogen) atoms. The summed E-state index contributed by atoms with van der Waals surface area (Å²) in [6, 6.07) is 6.40. The van der Waals surface area contributed by atoms with Gasteiger partial charge in [0.25, 0.3) is 5.91 Å². The number of aromatic nitrogens is 1. The Labute approximate surface area is 148 Å². The molecule has 0 bridgehead atoms. The number of benzene rings is 2. The maximum absolute atomic E-state index is 13.0. The van der Waals surface area contributed by atoms with Crippen molar-refractivity contribution in [1.29, 1.82) is 0 Å². The average molecular weight is 387 g/mol. The Hall–Kier alpha value is -2.32. The minimum atomic E-state index is -4.52. The standard InChI is InChI=1S/C16H10ClF3N2O2S/c1-7-5-8(17)6-9(12(7)23)14(24)22-15-21-11-4-2-3-10(13(11)25-15)16(18,19)20/h2-6,23H,1H3,(H,21,22,24). The van der Waals surface area contributed by atoms with Gasteiger partial charge in [0.05, 0.1) is 21.3 Å². The van der Waals surface area contributed by atoms with Crippen LogP contribution in [-0.4, -0.2) is 16.0 Å². The van der Waals surface area contributed by atoms with Crippen molar-refractivity contribution in [3.8, 4) is 5.75 Å². The van der Waals surface area contributed by atoms with Crippen LogP contribution < -0.4 is 5.32 Å². The van der Waals surface area contributed by atoms with E-state index in [2.05, 4.69) is 10.3 Å². The normalized spacial score (nSPS) is 11.7. The van der Waals surface area contributed by atoms with E-state index in [1.807, 2.05) is 0 Å². The monoisotopic (exact) mass is 386 g/mol. The number of halogens is 4. The largest absolute Gasteiger partial charge is 0.507 e. The highest BCUT2D eigenvalue weighted by atomic mass is 35.5. The highest BCUT2D eigenvalue weighted by Crippen LogP contribution is 2.39. The quantitative estimate of drug-likeness (QED) is 0.633. The fourth-order valence-corrected chi connectivity index (χ4v) is 3.56. The van der Waals surface area contributed by atoms with E-state index in [4.69, 9.17) is 11.6 Å². The van der Waals surface area contributed by atoms with Crippen LogP contribution in [0, 0.1) is 6.92 Å². The van der Waals surface area contributed by atoms with Crippen LogP contribution in [-0.2, 0) is 6.18 Å². The molecule has 4 nitrogen and oxygen atoms in total. The van der Waals surface area contributed by atoms with E-state index in [1.54, 1.807) is 6.92 Å². The van der Waals surface area contributed by atoms with Gasteiger partial charge < -0.3 is 5.11 Å². The average Bonchev–Trinajstić information content (AvgIpc) is 2.91. The molecule has 0 spiro atoms. The molecule has 1 heterocycles. The number of amides is 1. The van der Waals surface area contributed by atoms with E-state index in [9.17, 15) is 23.1 Å². The van der Waals surface area contributed by atoms with Crippen LogP contribution in [0.1, 0.15) is 21.5 Å². The number of thiazole rings is 1. The van der Waals surface area contributed by atoms with Crippen LogP contribution in [0.2, 0.25) is 5.02 Å². The number of carbonyl (C=O) groups is 1. The van der Waals surface area contributed by atoms with Crippen molar-refractivity contribution in [2.75, 3.05) is 5.32 Å². The first kappa shape index (κ1) is 17.5. The third-order valence-electron chi connectivity index (χ3n) is 3.45. The second-order valence-corrected chi connectivity index (χ2v) is 6.68. The Morgan fingerprint density at radius 2 is 2.04 bits per heavy atom. The molecule has 3 aromatic rings. The fourth-order valence-electron chi connectivity index (χ4n) is 2.30. The number of phenols is 1. The van der Waals surface area contributed by atoms with E-state index in [1.165, 1.54) is 24.3 Å². The van der Waals surface area contributed by atoms with Crippen molar-refractivity contribution in [2.45, 2.75) is 13.1 Å². The van der Waals surface area contributed by atoms with Crippen LogP contribution >= 0.6 is 22.9 Å². The number of fused-ring (bicyclic) bond motifs is 1. The van der Waals surface area contributed by atoms with Gasteiger partial charge >= 0.3 is 6.18 Å². The van der Waals surface area contributed by atoms with Crippen molar-refractivity contribution in [3.05, 3.63) is 52.0 Å². The van der Waals surface area contributed by atoms with Crippen LogP contribution in [0.15, 0.2) is 30.3 Å². The van der Waals surface area contributed by atoms with Gasteiger partial charge in [0.2, 0.25) is 0 Å². The first-order valence-corrected chi connectivity index (χ1v) is 8.13. The Kier molecular flexibility index (Phi) is 4.34. The maximum atomic E-state index is 13.0. The molecule has 0 aliphatic carbocycles. The maximum Gasteiger partial charge on any atom is 0.417 e. The summed E-state index contributed by atoms with van der Waals surface area (Å²) in [5, 5.41) is 12.6. The second-order valence-electron chi connectivity index (χ2n) is 5.24. The predicted octanol–water partition coefficient (Wildman–Crippen LogP) is 5.23. The summed E-state index contributed by atoms with van der Waals surface area (Å²) in [4.78, 5) is 16.3. The summed E-state index contributed by atoms with van der Waals surface area (Å²) in [7, 11) is 0. The lowest BCUT2D eigenvalue weighted by atomic mass is 10.1. The molecular formula is C16H10ClF3N2O2S. The fraction of sp³-hybridized carbons (Fsp3) is 0.125. The van der Waals surface area contributed by atoms with Crippen molar-refractivity contribution < 1.29 is 23.1 Å².